The van der Waals surface area contributed by atoms with Gasteiger partial charge in [-0.15, -0.1) is 22.7 Å². The minimum absolute atomic E-state index is 0.0787. The molecule has 0 radical (unpaired) electrons. The summed E-state index contributed by atoms with van der Waals surface area (Å²) in [5.41, 5.74) is 6.08. The molecule has 2 aromatic heterocycles. The topological polar surface area (TPSA) is 38.9 Å². The van der Waals surface area contributed by atoms with Gasteiger partial charge in [-0.3, -0.25) is 0 Å². The van der Waals surface area contributed by atoms with Crippen molar-refractivity contribution >= 4 is 38.6 Å². The number of hydrogen-bond acceptors (Lipinski definition) is 4. The minimum Gasteiger partial charge on any atom is -0.318 e. The molecule has 0 amide bonds. The van der Waals surface area contributed by atoms with Crippen LogP contribution in [0.2, 0.25) is 0 Å². The number of aryl methyl sites for hydroxylation is 1. The van der Waals surface area contributed by atoms with Gasteiger partial charge in [0.25, 0.3) is 0 Å². The summed E-state index contributed by atoms with van der Waals surface area (Å²) in [6.45, 7) is 2.08. The molecular weight excluding hydrogens is 280 g/mol. The molecule has 74 valence electrons. The fourth-order valence-electron chi connectivity index (χ4n) is 1.14. The Morgan fingerprint density at radius 1 is 1.57 bits per heavy atom. The number of hydrogen-bond donors (Lipinski definition) is 1. The fraction of sp³-hybridized carbons (Fsp3) is 0.222. The maximum Gasteiger partial charge on any atom is 0.115 e. The number of thiazole rings is 1. The Morgan fingerprint density at radius 2 is 2.36 bits per heavy atom. The monoisotopic (exact) mass is 288 g/mol. The van der Waals surface area contributed by atoms with E-state index in [-0.39, 0.29) is 6.04 Å². The molecule has 1 atom stereocenters. The van der Waals surface area contributed by atoms with Gasteiger partial charge in [0.05, 0.1) is 6.04 Å². The van der Waals surface area contributed by atoms with Crippen molar-refractivity contribution in [3.8, 4) is 0 Å². The highest BCUT2D eigenvalue weighted by Gasteiger charge is 2.14. The summed E-state index contributed by atoms with van der Waals surface area (Å²) in [6.07, 6.45) is 1.79. The summed E-state index contributed by atoms with van der Waals surface area (Å²) in [5, 5.41) is 2.92. The maximum atomic E-state index is 6.08. The lowest BCUT2D eigenvalue weighted by Crippen LogP contribution is -2.09. The van der Waals surface area contributed by atoms with Gasteiger partial charge in [-0.2, -0.15) is 0 Å². The van der Waals surface area contributed by atoms with Crippen LogP contribution in [0.4, 0.5) is 0 Å². The quantitative estimate of drug-likeness (QED) is 0.921. The van der Waals surface area contributed by atoms with Crippen molar-refractivity contribution in [3.05, 3.63) is 36.9 Å². The van der Waals surface area contributed by atoms with E-state index in [2.05, 4.69) is 33.9 Å². The van der Waals surface area contributed by atoms with E-state index in [1.165, 1.54) is 4.88 Å². The van der Waals surface area contributed by atoms with Gasteiger partial charge >= 0.3 is 0 Å². The van der Waals surface area contributed by atoms with Crippen LogP contribution in [0.25, 0.3) is 0 Å². The summed E-state index contributed by atoms with van der Waals surface area (Å²) in [4.78, 5) is 6.63. The molecule has 0 fully saturated rings. The van der Waals surface area contributed by atoms with Crippen LogP contribution in [0.3, 0.4) is 0 Å². The van der Waals surface area contributed by atoms with Crippen molar-refractivity contribution in [1.82, 2.24) is 4.98 Å². The van der Waals surface area contributed by atoms with E-state index < -0.39 is 0 Å². The van der Waals surface area contributed by atoms with Crippen LogP contribution in [0, 0.1) is 6.92 Å². The van der Waals surface area contributed by atoms with Gasteiger partial charge in [-0.25, -0.2) is 4.98 Å². The Hall–Kier alpha value is -0.230. The fourth-order valence-corrected chi connectivity index (χ4v) is 3.44. The third kappa shape index (κ3) is 1.91. The first kappa shape index (κ1) is 10.3. The van der Waals surface area contributed by atoms with Crippen LogP contribution in [-0.2, 0) is 0 Å². The molecule has 2 aromatic rings. The molecule has 0 spiro atoms. The van der Waals surface area contributed by atoms with Crippen molar-refractivity contribution in [2.24, 2.45) is 5.73 Å². The van der Waals surface area contributed by atoms with Gasteiger partial charge in [0.1, 0.15) is 5.01 Å². The first-order valence-corrected chi connectivity index (χ1v) is 6.58. The molecule has 0 aliphatic rings. The average Bonchev–Trinajstić information content (AvgIpc) is 2.76. The highest BCUT2D eigenvalue weighted by Crippen LogP contribution is 2.32. The van der Waals surface area contributed by atoms with Gasteiger partial charge in [-0.05, 0) is 28.9 Å². The zero-order chi connectivity index (χ0) is 10.1. The molecule has 0 aliphatic carbocycles. The molecule has 14 heavy (non-hydrogen) atoms. The molecule has 2 nitrogen and oxygen atoms in total. The van der Waals surface area contributed by atoms with E-state index in [0.717, 1.165) is 14.4 Å². The van der Waals surface area contributed by atoms with E-state index in [0.29, 0.717) is 0 Å². The molecular formula is C9H9BrN2S2. The van der Waals surface area contributed by atoms with Gasteiger partial charge < -0.3 is 5.73 Å². The Kier molecular flexibility index (Phi) is 3.02. The van der Waals surface area contributed by atoms with Crippen molar-refractivity contribution in [2.75, 3.05) is 0 Å². The molecule has 2 rings (SSSR count). The van der Waals surface area contributed by atoms with Crippen LogP contribution in [0.15, 0.2) is 22.1 Å². The Balaban J connectivity index is 2.32. The molecule has 1 unspecified atom stereocenters. The van der Waals surface area contributed by atoms with Crippen LogP contribution in [-0.4, -0.2) is 4.98 Å². The predicted octanol–water partition coefficient (Wildman–Crippen LogP) is 3.32. The van der Waals surface area contributed by atoms with Gasteiger partial charge in [0.15, 0.2) is 0 Å². The van der Waals surface area contributed by atoms with Crippen molar-refractivity contribution in [3.63, 3.8) is 0 Å². The van der Waals surface area contributed by atoms with Crippen LogP contribution < -0.4 is 5.73 Å². The number of nitrogens with two attached hydrogens (primary N) is 1. The van der Waals surface area contributed by atoms with E-state index in [1.54, 1.807) is 28.9 Å². The van der Waals surface area contributed by atoms with Gasteiger partial charge in [-0.1, -0.05) is 0 Å². The smallest absolute Gasteiger partial charge is 0.115 e. The second kappa shape index (κ2) is 4.10. The molecule has 0 aliphatic heterocycles. The third-order valence-corrected chi connectivity index (χ3v) is 4.98. The zero-order valence-electron chi connectivity index (χ0n) is 7.53. The zero-order valence-corrected chi connectivity index (χ0v) is 10.7. The van der Waals surface area contributed by atoms with Crippen LogP contribution in [0.5, 0.6) is 0 Å². The maximum absolute atomic E-state index is 6.08. The molecule has 5 heteroatoms. The Bertz CT molecular complexity index is 402. The molecule has 0 bridgehead atoms. The molecule has 0 aromatic carbocycles. The first-order chi connectivity index (χ1) is 6.68. The second-order valence-corrected chi connectivity index (χ2v) is 5.97. The lowest BCUT2D eigenvalue weighted by Gasteiger charge is -2.03. The van der Waals surface area contributed by atoms with E-state index in [9.17, 15) is 0 Å². The van der Waals surface area contributed by atoms with E-state index in [4.69, 9.17) is 5.73 Å². The highest BCUT2D eigenvalue weighted by molar-refractivity contribution is 9.10. The number of thiophene rings is 1. The van der Waals surface area contributed by atoms with E-state index >= 15 is 0 Å². The SMILES string of the molecule is Cc1sc(C(N)c2nccs2)cc1Br. The van der Waals surface area contributed by atoms with E-state index in [1.807, 2.05) is 5.38 Å². The normalized spacial score (nSPS) is 13.1. The number of rotatable bonds is 2. The molecule has 2 heterocycles. The summed E-state index contributed by atoms with van der Waals surface area (Å²) < 4.78 is 1.13. The van der Waals surface area contributed by atoms with Crippen LogP contribution >= 0.6 is 38.6 Å². The molecule has 0 saturated heterocycles. The lowest BCUT2D eigenvalue weighted by molar-refractivity contribution is 0.877. The third-order valence-electron chi connectivity index (χ3n) is 1.90. The van der Waals surface area contributed by atoms with Crippen molar-refractivity contribution in [2.45, 2.75) is 13.0 Å². The Labute approximate surface area is 98.9 Å². The minimum atomic E-state index is -0.0787. The standard InChI is InChI=1S/C9H9BrN2S2/c1-5-6(10)4-7(14-5)8(11)9-12-2-3-13-9/h2-4,8H,11H2,1H3. The lowest BCUT2D eigenvalue weighted by atomic mass is 10.3. The van der Waals surface area contributed by atoms with Crippen molar-refractivity contribution < 1.29 is 0 Å². The number of halogens is 1. The van der Waals surface area contributed by atoms with Gasteiger partial charge in [0, 0.05) is 25.8 Å². The first-order valence-electron chi connectivity index (χ1n) is 4.09. The predicted molar refractivity (Wildman–Crippen MR) is 64.9 cm³/mol. The second-order valence-electron chi connectivity index (χ2n) is 2.90. The largest absolute Gasteiger partial charge is 0.318 e. The summed E-state index contributed by atoms with van der Waals surface area (Å²) in [6, 6.07) is 2.00. The number of aromatic nitrogens is 1. The van der Waals surface area contributed by atoms with Crippen molar-refractivity contribution in [1.29, 1.82) is 0 Å². The van der Waals surface area contributed by atoms with Crippen LogP contribution in [0.1, 0.15) is 20.8 Å². The average molecular weight is 289 g/mol. The molecule has 2 N–H and O–H groups in total. The Morgan fingerprint density at radius 3 is 2.86 bits per heavy atom. The summed E-state index contributed by atoms with van der Waals surface area (Å²) in [7, 11) is 0. The van der Waals surface area contributed by atoms with Gasteiger partial charge in [0.2, 0.25) is 0 Å². The number of nitrogens with zero attached hydrogens (tertiary/aromatic N) is 1. The summed E-state index contributed by atoms with van der Waals surface area (Å²) in [5.74, 6) is 0. The molecule has 0 saturated carbocycles. The summed E-state index contributed by atoms with van der Waals surface area (Å²) >= 11 is 6.80. The highest BCUT2D eigenvalue weighted by atomic mass is 79.9.